The van der Waals surface area contributed by atoms with Gasteiger partial charge in [-0.2, -0.15) is 13.2 Å². The van der Waals surface area contributed by atoms with Gasteiger partial charge in [0.25, 0.3) is 11.5 Å². The molecule has 0 aliphatic rings. The number of fused-ring (bicyclic) bond motifs is 3. The van der Waals surface area contributed by atoms with Crippen molar-refractivity contribution in [2.45, 2.75) is 24.0 Å². The number of pyridine rings is 2. The summed E-state index contributed by atoms with van der Waals surface area (Å²) in [6.45, 7) is 1.76. The number of halogens is 3. The number of aromatic nitrogens is 2. The minimum absolute atomic E-state index is 0.00753. The fourth-order valence-corrected chi connectivity index (χ4v) is 5.63. The van der Waals surface area contributed by atoms with E-state index in [0.717, 1.165) is 12.1 Å². The van der Waals surface area contributed by atoms with Gasteiger partial charge in [0, 0.05) is 33.6 Å². The molecule has 1 amide bonds. The standard InChI is InChI=1S/C29H23F3N4O4S/c1-17(23-7-3-4-15-34-23)35-27(37)18-9-14-24-22(16-18)26-21(6-5-8-25(26)41(39,40)33-2)28(38)36(24)20-12-10-19(11-13-20)29(30,31)32/h3-17,33H,1-2H3,(H,35,37)/t17-/m0/s1. The lowest BCUT2D eigenvalue weighted by molar-refractivity contribution is -0.137. The molecule has 0 aliphatic heterocycles. The number of nitrogens with zero attached hydrogens (tertiary/aromatic N) is 2. The fourth-order valence-electron chi connectivity index (χ4n) is 4.67. The number of sulfonamides is 1. The first-order valence-corrected chi connectivity index (χ1v) is 13.8. The number of hydrogen-bond donors (Lipinski definition) is 2. The van der Waals surface area contributed by atoms with Crippen LogP contribution in [-0.4, -0.2) is 30.9 Å². The Morgan fingerprint density at radius 1 is 0.951 bits per heavy atom. The summed E-state index contributed by atoms with van der Waals surface area (Å²) < 4.78 is 69.0. The van der Waals surface area contributed by atoms with E-state index in [-0.39, 0.29) is 37.8 Å². The maximum absolute atomic E-state index is 13.8. The minimum Gasteiger partial charge on any atom is -0.344 e. The normalized spacial score (nSPS) is 12.9. The first-order chi connectivity index (χ1) is 19.4. The van der Waals surface area contributed by atoms with Gasteiger partial charge in [-0.15, -0.1) is 0 Å². The Labute approximate surface area is 232 Å². The summed E-state index contributed by atoms with van der Waals surface area (Å²) in [5.41, 5.74) is -0.376. The van der Waals surface area contributed by atoms with Crippen molar-refractivity contribution in [2.75, 3.05) is 7.05 Å². The number of rotatable bonds is 6. The van der Waals surface area contributed by atoms with E-state index in [0.29, 0.717) is 5.69 Å². The van der Waals surface area contributed by atoms with Crippen molar-refractivity contribution in [2.24, 2.45) is 0 Å². The third-order valence-corrected chi connectivity index (χ3v) is 8.18. The van der Waals surface area contributed by atoms with E-state index in [4.69, 9.17) is 0 Å². The zero-order chi connectivity index (χ0) is 29.5. The van der Waals surface area contributed by atoms with Crippen LogP contribution in [0.5, 0.6) is 0 Å². The van der Waals surface area contributed by atoms with Crippen LogP contribution in [0.25, 0.3) is 27.4 Å². The number of carbonyl (C=O) groups excluding carboxylic acids is 1. The Morgan fingerprint density at radius 3 is 2.32 bits per heavy atom. The van der Waals surface area contributed by atoms with Crippen molar-refractivity contribution in [3.8, 4) is 5.69 Å². The molecule has 0 radical (unpaired) electrons. The van der Waals surface area contributed by atoms with Gasteiger partial charge in [-0.25, -0.2) is 13.1 Å². The van der Waals surface area contributed by atoms with E-state index >= 15 is 0 Å². The van der Waals surface area contributed by atoms with Gasteiger partial charge >= 0.3 is 6.18 Å². The molecule has 0 fully saturated rings. The molecule has 0 bridgehead atoms. The van der Waals surface area contributed by atoms with Gasteiger partial charge in [0.2, 0.25) is 10.0 Å². The topological polar surface area (TPSA) is 110 Å². The van der Waals surface area contributed by atoms with Gasteiger partial charge in [0.1, 0.15) is 0 Å². The number of carbonyl (C=O) groups is 1. The van der Waals surface area contributed by atoms with Crippen LogP contribution in [-0.2, 0) is 16.2 Å². The highest BCUT2D eigenvalue weighted by molar-refractivity contribution is 7.89. The third-order valence-electron chi connectivity index (χ3n) is 6.72. The van der Waals surface area contributed by atoms with Crippen molar-refractivity contribution in [1.82, 2.24) is 19.6 Å². The quantitative estimate of drug-likeness (QED) is 0.276. The first kappa shape index (κ1) is 28.0. The number of benzene rings is 3. The van der Waals surface area contributed by atoms with Crippen LogP contribution in [0.3, 0.4) is 0 Å². The maximum atomic E-state index is 13.8. The summed E-state index contributed by atoms with van der Waals surface area (Å²) in [6.07, 6.45) is -2.97. The zero-order valence-electron chi connectivity index (χ0n) is 21.7. The van der Waals surface area contributed by atoms with Crippen LogP contribution in [0, 0.1) is 0 Å². The molecule has 0 saturated heterocycles. The second kappa shape index (κ2) is 10.5. The average Bonchev–Trinajstić information content (AvgIpc) is 2.97. The van der Waals surface area contributed by atoms with E-state index < -0.39 is 39.3 Å². The van der Waals surface area contributed by atoms with Crippen LogP contribution < -0.4 is 15.6 Å². The van der Waals surface area contributed by atoms with Crippen LogP contribution in [0.1, 0.15) is 34.6 Å². The molecule has 210 valence electrons. The number of amides is 1. The number of hydrogen-bond acceptors (Lipinski definition) is 5. The highest BCUT2D eigenvalue weighted by Crippen LogP contribution is 2.33. The Kier molecular flexibility index (Phi) is 7.14. The smallest absolute Gasteiger partial charge is 0.344 e. The van der Waals surface area contributed by atoms with Crippen molar-refractivity contribution in [3.05, 3.63) is 112 Å². The number of nitrogens with one attached hydrogen (secondary N) is 2. The molecular weight excluding hydrogens is 557 g/mol. The summed E-state index contributed by atoms with van der Waals surface area (Å²) in [7, 11) is -2.82. The lowest BCUT2D eigenvalue weighted by Gasteiger charge is -2.18. The molecule has 8 nitrogen and oxygen atoms in total. The van der Waals surface area contributed by atoms with E-state index in [9.17, 15) is 31.2 Å². The summed E-state index contributed by atoms with van der Waals surface area (Å²) in [4.78, 5) is 31.1. The summed E-state index contributed by atoms with van der Waals surface area (Å²) in [6, 6.07) is 17.5. The van der Waals surface area contributed by atoms with E-state index in [2.05, 4.69) is 15.0 Å². The van der Waals surface area contributed by atoms with Crippen LogP contribution in [0.2, 0.25) is 0 Å². The molecular formula is C29H23F3N4O4S. The molecule has 12 heteroatoms. The Balaban J connectivity index is 1.76. The van der Waals surface area contributed by atoms with Crippen molar-refractivity contribution < 1.29 is 26.4 Å². The summed E-state index contributed by atoms with van der Waals surface area (Å²) in [5.74, 6) is -0.473. The molecule has 3 aromatic carbocycles. The van der Waals surface area contributed by atoms with E-state index in [1.165, 1.54) is 60.1 Å². The highest BCUT2D eigenvalue weighted by atomic mass is 32.2. The predicted molar refractivity (Wildman–Crippen MR) is 148 cm³/mol. The molecule has 2 aromatic heterocycles. The highest BCUT2D eigenvalue weighted by Gasteiger charge is 2.30. The van der Waals surface area contributed by atoms with Crippen molar-refractivity contribution >= 4 is 37.6 Å². The van der Waals surface area contributed by atoms with Gasteiger partial charge in [-0.05, 0) is 80.7 Å². The second-order valence-corrected chi connectivity index (χ2v) is 11.1. The predicted octanol–water partition coefficient (Wildman–Crippen LogP) is 4.96. The van der Waals surface area contributed by atoms with E-state index in [1.807, 2.05) is 0 Å². The Morgan fingerprint density at radius 2 is 1.68 bits per heavy atom. The molecule has 41 heavy (non-hydrogen) atoms. The molecule has 0 spiro atoms. The Bertz CT molecular complexity index is 1960. The third kappa shape index (κ3) is 5.19. The largest absolute Gasteiger partial charge is 0.416 e. The second-order valence-electron chi connectivity index (χ2n) is 9.25. The van der Waals surface area contributed by atoms with Gasteiger partial charge < -0.3 is 5.32 Å². The van der Waals surface area contributed by atoms with Crippen LogP contribution in [0.4, 0.5) is 13.2 Å². The Hall–Kier alpha value is -4.55. The van der Waals surface area contributed by atoms with Gasteiger partial charge in [-0.3, -0.25) is 19.1 Å². The van der Waals surface area contributed by atoms with Crippen LogP contribution >= 0.6 is 0 Å². The molecule has 0 aliphatic carbocycles. The molecule has 0 saturated carbocycles. The minimum atomic E-state index is -4.57. The summed E-state index contributed by atoms with van der Waals surface area (Å²) >= 11 is 0. The van der Waals surface area contributed by atoms with Crippen LogP contribution in [0.15, 0.2) is 94.7 Å². The maximum Gasteiger partial charge on any atom is 0.416 e. The molecule has 0 unspecified atom stereocenters. The average molecular weight is 581 g/mol. The molecule has 2 heterocycles. The molecule has 5 rings (SSSR count). The van der Waals surface area contributed by atoms with Crippen molar-refractivity contribution in [3.63, 3.8) is 0 Å². The molecule has 5 aromatic rings. The molecule has 1 atom stereocenters. The van der Waals surface area contributed by atoms with E-state index in [1.54, 1.807) is 31.3 Å². The van der Waals surface area contributed by atoms with Crippen molar-refractivity contribution in [1.29, 1.82) is 0 Å². The van der Waals surface area contributed by atoms with Gasteiger partial charge in [0.15, 0.2) is 0 Å². The van der Waals surface area contributed by atoms with Gasteiger partial charge in [-0.1, -0.05) is 12.1 Å². The SMILES string of the molecule is CNS(=O)(=O)c1cccc2c(=O)n(-c3ccc(C(F)(F)F)cc3)c3ccc(C(=O)N[C@@H](C)c4ccccn4)cc3c12. The fraction of sp³-hybridized carbons (Fsp3) is 0.138. The lowest BCUT2D eigenvalue weighted by atomic mass is 10.0. The lowest BCUT2D eigenvalue weighted by Crippen LogP contribution is -2.27. The summed E-state index contributed by atoms with van der Waals surface area (Å²) in [5, 5.41) is 3.18. The first-order valence-electron chi connectivity index (χ1n) is 12.4. The monoisotopic (exact) mass is 580 g/mol. The molecule has 2 N–H and O–H groups in total. The van der Waals surface area contributed by atoms with Gasteiger partial charge in [0.05, 0.1) is 27.7 Å². The number of alkyl halides is 3. The zero-order valence-corrected chi connectivity index (χ0v) is 22.5.